The molecule has 0 fully saturated rings. The molecule has 2 atom stereocenters. The molecule has 0 aromatic carbocycles. The fraction of sp³-hybridized carbons (Fsp3) is 1.00. The van der Waals surface area contributed by atoms with Crippen molar-refractivity contribution in [2.45, 2.75) is 71.4 Å². The van der Waals surface area contributed by atoms with E-state index in [0.717, 1.165) is 19.5 Å². The summed E-state index contributed by atoms with van der Waals surface area (Å²) in [4.78, 5) is 2.50. The van der Waals surface area contributed by atoms with E-state index in [-0.39, 0.29) is 0 Å². The first-order chi connectivity index (χ1) is 7.96. The summed E-state index contributed by atoms with van der Waals surface area (Å²) in [6.45, 7) is 11.1. The molecule has 0 aromatic heterocycles. The maximum absolute atomic E-state index is 10.0. The number of nitrogens with zero attached hydrogens (tertiary/aromatic N) is 1. The van der Waals surface area contributed by atoms with Crippen LogP contribution in [-0.4, -0.2) is 41.3 Å². The van der Waals surface area contributed by atoms with Gasteiger partial charge in [-0.1, -0.05) is 26.7 Å². The minimum Gasteiger partial charge on any atom is -0.389 e. The molecule has 0 heterocycles. The summed E-state index contributed by atoms with van der Waals surface area (Å²) in [6, 6.07) is 0.409. The molecule has 0 amide bonds. The van der Waals surface area contributed by atoms with E-state index in [1.165, 1.54) is 25.7 Å². The Labute approximate surface area is 107 Å². The van der Waals surface area contributed by atoms with Crippen LogP contribution in [-0.2, 0) is 0 Å². The van der Waals surface area contributed by atoms with E-state index in [9.17, 15) is 5.11 Å². The molecule has 3 nitrogen and oxygen atoms in total. The van der Waals surface area contributed by atoms with Gasteiger partial charge in [0.05, 0.1) is 5.60 Å². The van der Waals surface area contributed by atoms with Gasteiger partial charge >= 0.3 is 0 Å². The average molecular weight is 244 g/mol. The van der Waals surface area contributed by atoms with Gasteiger partial charge in [0.15, 0.2) is 0 Å². The summed E-state index contributed by atoms with van der Waals surface area (Å²) < 4.78 is 0. The Morgan fingerprint density at radius 2 is 1.65 bits per heavy atom. The Bertz CT molecular complexity index is 175. The van der Waals surface area contributed by atoms with Gasteiger partial charge in [0.2, 0.25) is 0 Å². The monoisotopic (exact) mass is 244 g/mol. The van der Waals surface area contributed by atoms with Gasteiger partial charge in [-0.15, -0.1) is 0 Å². The Hall–Kier alpha value is -0.120. The molecule has 2 unspecified atom stereocenters. The lowest BCUT2D eigenvalue weighted by Crippen LogP contribution is -2.44. The van der Waals surface area contributed by atoms with Crippen LogP contribution in [0.4, 0.5) is 0 Å². The highest BCUT2D eigenvalue weighted by molar-refractivity contribution is 4.80. The lowest BCUT2D eigenvalue weighted by atomic mass is 9.96. The SMILES string of the molecule is CCCCN(CCCC)C(C)CC(C)(O)CN. The second-order valence-electron chi connectivity index (χ2n) is 5.50. The van der Waals surface area contributed by atoms with Gasteiger partial charge in [-0.2, -0.15) is 0 Å². The standard InChI is InChI=1S/C14H32N2O/c1-5-7-9-16(10-8-6-2)13(3)11-14(4,17)12-15/h13,17H,5-12,15H2,1-4H3. The molecule has 0 spiro atoms. The average Bonchev–Trinajstić information content (AvgIpc) is 2.28. The highest BCUT2D eigenvalue weighted by atomic mass is 16.3. The molecule has 0 radical (unpaired) electrons. The minimum absolute atomic E-state index is 0.340. The largest absolute Gasteiger partial charge is 0.389 e. The predicted octanol–water partition coefficient (Wildman–Crippen LogP) is 2.38. The topological polar surface area (TPSA) is 49.5 Å². The van der Waals surface area contributed by atoms with Gasteiger partial charge in [0.1, 0.15) is 0 Å². The molecule has 3 heteroatoms. The van der Waals surface area contributed by atoms with Crippen LogP contribution in [0.5, 0.6) is 0 Å². The molecule has 104 valence electrons. The van der Waals surface area contributed by atoms with Crippen molar-refractivity contribution >= 4 is 0 Å². The number of aliphatic hydroxyl groups is 1. The van der Waals surface area contributed by atoms with E-state index < -0.39 is 5.60 Å². The summed E-state index contributed by atoms with van der Waals surface area (Å²) in [5, 5.41) is 10.0. The van der Waals surface area contributed by atoms with Crippen molar-refractivity contribution in [1.29, 1.82) is 0 Å². The first kappa shape index (κ1) is 16.9. The van der Waals surface area contributed by atoms with Gasteiger partial charge in [-0.05, 0) is 46.2 Å². The minimum atomic E-state index is -0.726. The summed E-state index contributed by atoms with van der Waals surface area (Å²) in [6.07, 6.45) is 5.68. The van der Waals surface area contributed by atoms with Crippen LogP contribution < -0.4 is 5.73 Å². The number of unbranched alkanes of at least 4 members (excludes halogenated alkanes) is 2. The van der Waals surface area contributed by atoms with Crippen LogP contribution in [0.3, 0.4) is 0 Å². The number of hydrogen-bond acceptors (Lipinski definition) is 3. The van der Waals surface area contributed by atoms with Crippen molar-refractivity contribution in [2.75, 3.05) is 19.6 Å². The quantitative estimate of drug-likeness (QED) is 0.620. The molecule has 0 rings (SSSR count). The van der Waals surface area contributed by atoms with Crippen LogP contribution in [0.25, 0.3) is 0 Å². The zero-order valence-electron chi connectivity index (χ0n) is 12.2. The van der Waals surface area contributed by atoms with Crippen molar-refractivity contribution in [1.82, 2.24) is 4.90 Å². The van der Waals surface area contributed by atoms with E-state index in [1.54, 1.807) is 0 Å². The fourth-order valence-electron chi connectivity index (χ4n) is 2.12. The lowest BCUT2D eigenvalue weighted by Gasteiger charge is -2.34. The maximum atomic E-state index is 10.0. The van der Waals surface area contributed by atoms with Crippen molar-refractivity contribution < 1.29 is 5.11 Å². The molecule has 0 aliphatic heterocycles. The maximum Gasteiger partial charge on any atom is 0.0756 e. The molecule has 0 aliphatic rings. The highest BCUT2D eigenvalue weighted by Gasteiger charge is 2.24. The van der Waals surface area contributed by atoms with Crippen molar-refractivity contribution in [2.24, 2.45) is 5.73 Å². The van der Waals surface area contributed by atoms with Gasteiger partial charge in [-0.25, -0.2) is 0 Å². The van der Waals surface area contributed by atoms with E-state index in [1.807, 2.05) is 6.92 Å². The number of nitrogens with two attached hydrogens (primary N) is 1. The van der Waals surface area contributed by atoms with Crippen LogP contribution in [0, 0.1) is 0 Å². The van der Waals surface area contributed by atoms with Gasteiger partial charge in [-0.3, -0.25) is 0 Å². The predicted molar refractivity (Wildman–Crippen MR) is 75.1 cm³/mol. The summed E-state index contributed by atoms with van der Waals surface area (Å²) in [5.41, 5.74) is 4.86. The lowest BCUT2D eigenvalue weighted by molar-refractivity contribution is 0.0280. The summed E-state index contributed by atoms with van der Waals surface area (Å²) >= 11 is 0. The molecule has 0 saturated heterocycles. The van der Waals surface area contributed by atoms with E-state index in [4.69, 9.17) is 5.73 Å². The fourth-order valence-corrected chi connectivity index (χ4v) is 2.12. The van der Waals surface area contributed by atoms with Crippen molar-refractivity contribution in [3.63, 3.8) is 0 Å². The van der Waals surface area contributed by atoms with Crippen LogP contribution in [0.1, 0.15) is 59.8 Å². The van der Waals surface area contributed by atoms with Crippen LogP contribution >= 0.6 is 0 Å². The number of rotatable bonds is 10. The normalized spacial score (nSPS) is 17.1. The van der Waals surface area contributed by atoms with Crippen molar-refractivity contribution in [3.05, 3.63) is 0 Å². The third-order valence-corrected chi connectivity index (χ3v) is 3.40. The van der Waals surface area contributed by atoms with Crippen LogP contribution in [0.15, 0.2) is 0 Å². The second kappa shape index (κ2) is 8.90. The van der Waals surface area contributed by atoms with Gasteiger partial charge in [0, 0.05) is 12.6 Å². The van der Waals surface area contributed by atoms with E-state index in [2.05, 4.69) is 25.7 Å². The third-order valence-electron chi connectivity index (χ3n) is 3.40. The zero-order valence-corrected chi connectivity index (χ0v) is 12.2. The first-order valence-corrected chi connectivity index (χ1v) is 7.13. The zero-order chi connectivity index (χ0) is 13.3. The van der Waals surface area contributed by atoms with E-state index in [0.29, 0.717) is 12.6 Å². The molecular formula is C14H32N2O. The Kier molecular flexibility index (Phi) is 8.83. The van der Waals surface area contributed by atoms with Crippen molar-refractivity contribution in [3.8, 4) is 0 Å². The molecule has 17 heavy (non-hydrogen) atoms. The molecule has 0 saturated carbocycles. The molecular weight excluding hydrogens is 212 g/mol. The Balaban J connectivity index is 4.24. The third kappa shape index (κ3) is 7.74. The van der Waals surface area contributed by atoms with E-state index >= 15 is 0 Å². The Morgan fingerprint density at radius 3 is 2.00 bits per heavy atom. The van der Waals surface area contributed by atoms with Crippen LogP contribution in [0.2, 0.25) is 0 Å². The molecule has 0 aromatic rings. The summed E-state index contributed by atoms with van der Waals surface area (Å²) in [7, 11) is 0. The second-order valence-corrected chi connectivity index (χ2v) is 5.50. The first-order valence-electron chi connectivity index (χ1n) is 7.13. The molecule has 3 N–H and O–H groups in total. The molecule has 0 aliphatic carbocycles. The summed E-state index contributed by atoms with van der Waals surface area (Å²) in [5.74, 6) is 0. The van der Waals surface area contributed by atoms with Gasteiger partial charge < -0.3 is 15.7 Å². The molecule has 0 bridgehead atoms. The Morgan fingerprint density at radius 1 is 1.18 bits per heavy atom. The number of hydrogen-bond donors (Lipinski definition) is 2. The smallest absolute Gasteiger partial charge is 0.0756 e. The van der Waals surface area contributed by atoms with Gasteiger partial charge in [0.25, 0.3) is 0 Å². The highest BCUT2D eigenvalue weighted by Crippen LogP contribution is 2.16.